The van der Waals surface area contributed by atoms with Gasteiger partial charge in [0.05, 0.1) is 5.69 Å². The summed E-state index contributed by atoms with van der Waals surface area (Å²) in [6, 6.07) is 3.76. The first-order chi connectivity index (χ1) is 7.24. The van der Waals surface area contributed by atoms with Crippen LogP contribution < -0.4 is 0 Å². The molecule has 0 spiro atoms. The van der Waals surface area contributed by atoms with Crippen molar-refractivity contribution >= 4 is 11.6 Å². The van der Waals surface area contributed by atoms with Crippen molar-refractivity contribution in [2.24, 2.45) is 0 Å². The Kier molecular flexibility index (Phi) is 3.57. The fraction of sp³-hybridized carbons (Fsp3) is 0.545. The van der Waals surface area contributed by atoms with Crippen LogP contribution in [0.4, 0.5) is 0 Å². The zero-order chi connectivity index (χ0) is 10.7. The number of pyridine rings is 1. The van der Waals surface area contributed by atoms with Gasteiger partial charge >= 0.3 is 0 Å². The van der Waals surface area contributed by atoms with Gasteiger partial charge in [-0.25, -0.2) is 0 Å². The second-order valence-corrected chi connectivity index (χ2v) is 4.48. The summed E-state index contributed by atoms with van der Waals surface area (Å²) >= 11 is 5.92. The van der Waals surface area contributed by atoms with Crippen LogP contribution in [0.3, 0.4) is 0 Å². The summed E-state index contributed by atoms with van der Waals surface area (Å²) in [5.74, 6) is 0. The number of piperazine rings is 1. The fourth-order valence-corrected chi connectivity index (χ4v) is 1.95. The van der Waals surface area contributed by atoms with Crippen LogP contribution in [-0.4, -0.2) is 48.0 Å². The van der Waals surface area contributed by atoms with Gasteiger partial charge in [0.2, 0.25) is 0 Å². The monoisotopic (exact) mass is 225 g/mol. The van der Waals surface area contributed by atoms with Crippen LogP contribution in [0, 0.1) is 0 Å². The summed E-state index contributed by atoms with van der Waals surface area (Å²) in [4.78, 5) is 9.08. The molecule has 4 heteroatoms. The van der Waals surface area contributed by atoms with E-state index < -0.39 is 0 Å². The van der Waals surface area contributed by atoms with E-state index in [0.717, 1.165) is 43.4 Å². The molecule has 1 saturated heterocycles. The Morgan fingerprint density at radius 1 is 1.33 bits per heavy atom. The first-order valence-corrected chi connectivity index (χ1v) is 5.63. The highest BCUT2D eigenvalue weighted by atomic mass is 35.5. The van der Waals surface area contributed by atoms with Crippen molar-refractivity contribution in [3.63, 3.8) is 0 Å². The second kappa shape index (κ2) is 4.92. The molecule has 3 nitrogen and oxygen atoms in total. The van der Waals surface area contributed by atoms with E-state index in [1.54, 1.807) is 6.20 Å². The van der Waals surface area contributed by atoms with Crippen LogP contribution in [-0.2, 0) is 6.54 Å². The highest BCUT2D eigenvalue weighted by Gasteiger charge is 2.14. The quantitative estimate of drug-likeness (QED) is 0.760. The molecular formula is C11H16ClN3. The standard InChI is InChI=1S/C11H16ClN3/c1-14-4-6-15(7-5-14)9-11-8-10(12)2-3-13-11/h2-3,8H,4-7,9H2,1H3. The Bertz CT molecular complexity index is 321. The molecule has 2 heterocycles. The van der Waals surface area contributed by atoms with Crippen molar-refractivity contribution in [3.8, 4) is 0 Å². The summed E-state index contributed by atoms with van der Waals surface area (Å²) in [6.07, 6.45) is 1.77. The van der Waals surface area contributed by atoms with Gasteiger partial charge in [-0.1, -0.05) is 11.6 Å². The Balaban J connectivity index is 1.92. The van der Waals surface area contributed by atoms with Crippen LogP contribution in [0.25, 0.3) is 0 Å². The minimum Gasteiger partial charge on any atom is -0.304 e. The molecule has 1 aliphatic heterocycles. The topological polar surface area (TPSA) is 19.4 Å². The summed E-state index contributed by atoms with van der Waals surface area (Å²) in [6.45, 7) is 5.42. The number of likely N-dealkylation sites (N-methyl/N-ethyl adjacent to an activating group) is 1. The van der Waals surface area contributed by atoms with Gasteiger partial charge in [0.1, 0.15) is 0 Å². The lowest BCUT2D eigenvalue weighted by Crippen LogP contribution is -2.43. The number of halogens is 1. The maximum absolute atomic E-state index is 5.92. The Morgan fingerprint density at radius 3 is 2.73 bits per heavy atom. The summed E-state index contributed by atoms with van der Waals surface area (Å²) in [5, 5.41) is 0.772. The number of hydrogen-bond donors (Lipinski definition) is 0. The summed E-state index contributed by atoms with van der Waals surface area (Å²) in [7, 11) is 2.16. The van der Waals surface area contributed by atoms with Gasteiger partial charge in [0.25, 0.3) is 0 Å². The largest absolute Gasteiger partial charge is 0.304 e. The first-order valence-electron chi connectivity index (χ1n) is 5.25. The molecular weight excluding hydrogens is 210 g/mol. The maximum Gasteiger partial charge on any atom is 0.0558 e. The highest BCUT2D eigenvalue weighted by molar-refractivity contribution is 6.30. The Hall–Kier alpha value is -0.640. The zero-order valence-electron chi connectivity index (χ0n) is 8.99. The van der Waals surface area contributed by atoms with Gasteiger partial charge in [-0.2, -0.15) is 0 Å². The molecule has 0 aromatic carbocycles. The molecule has 1 aromatic heterocycles. The van der Waals surface area contributed by atoms with Gasteiger partial charge in [0.15, 0.2) is 0 Å². The summed E-state index contributed by atoms with van der Waals surface area (Å²) in [5.41, 5.74) is 1.06. The van der Waals surface area contributed by atoms with Crippen molar-refractivity contribution in [1.82, 2.24) is 14.8 Å². The van der Waals surface area contributed by atoms with E-state index in [9.17, 15) is 0 Å². The van der Waals surface area contributed by atoms with Crippen LogP contribution in [0.2, 0.25) is 5.02 Å². The van der Waals surface area contributed by atoms with Crippen LogP contribution in [0.15, 0.2) is 18.3 Å². The number of nitrogens with zero attached hydrogens (tertiary/aromatic N) is 3. The van der Waals surface area contributed by atoms with Crippen molar-refractivity contribution in [2.45, 2.75) is 6.54 Å². The van der Waals surface area contributed by atoms with Gasteiger partial charge in [-0.3, -0.25) is 9.88 Å². The third kappa shape index (κ3) is 3.16. The normalized spacial score (nSPS) is 19.3. The van der Waals surface area contributed by atoms with Gasteiger partial charge in [0, 0.05) is 43.9 Å². The predicted octanol–water partition coefficient (Wildman–Crippen LogP) is 1.48. The third-order valence-corrected chi connectivity index (χ3v) is 3.00. The molecule has 2 rings (SSSR count). The average Bonchev–Trinajstić information content (AvgIpc) is 2.22. The van der Waals surface area contributed by atoms with Gasteiger partial charge in [-0.15, -0.1) is 0 Å². The molecule has 1 aliphatic rings. The first kappa shape index (κ1) is 10.9. The molecule has 1 aromatic rings. The number of hydrogen-bond acceptors (Lipinski definition) is 3. The van der Waals surface area contributed by atoms with Gasteiger partial charge in [-0.05, 0) is 19.2 Å². The molecule has 15 heavy (non-hydrogen) atoms. The fourth-order valence-electron chi connectivity index (χ4n) is 1.77. The minimum atomic E-state index is 0.772. The third-order valence-electron chi connectivity index (χ3n) is 2.76. The van der Waals surface area contributed by atoms with Crippen molar-refractivity contribution in [3.05, 3.63) is 29.0 Å². The van der Waals surface area contributed by atoms with E-state index in [-0.39, 0.29) is 0 Å². The molecule has 0 N–H and O–H groups in total. The second-order valence-electron chi connectivity index (χ2n) is 4.04. The van der Waals surface area contributed by atoms with E-state index in [2.05, 4.69) is 21.8 Å². The Labute approximate surface area is 95.7 Å². The van der Waals surface area contributed by atoms with Crippen LogP contribution in [0.5, 0.6) is 0 Å². The van der Waals surface area contributed by atoms with E-state index >= 15 is 0 Å². The van der Waals surface area contributed by atoms with Crippen LogP contribution >= 0.6 is 11.6 Å². The SMILES string of the molecule is CN1CCN(Cc2cc(Cl)ccn2)CC1. The molecule has 0 aliphatic carbocycles. The van der Waals surface area contributed by atoms with Gasteiger partial charge < -0.3 is 4.90 Å². The molecule has 0 atom stereocenters. The number of rotatable bonds is 2. The highest BCUT2D eigenvalue weighted by Crippen LogP contribution is 2.11. The van der Waals surface area contributed by atoms with Crippen molar-refractivity contribution < 1.29 is 0 Å². The van der Waals surface area contributed by atoms with Crippen molar-refractivity contribution in [1.29, 1.82) is 0 Å². The molecule has 82 valence electrons. The molecule has 0 amide bonds. The maximum atomic E-state index is 5.92. The predicted molar refractivity (Wildman–Crippen MR) is 62.0 cm³/mol. The van der Waals surface area contributed by atoms with E-state index in [4.69, 9.17) is 11.6 Å². The Morgan fingerprint density at radius 2 is 2.07 bits per heavy atom. The molecule has 0 radical (unpaired) electrons. The molecule has 0 bridgehead atoms. The lowest BCUT2D eigenvalue weighted by Gasteiger charge is -2.32. The van der Waals surface area contributed by atoms with E-state index in [1.807, 2.05) is 12.1 Å². The smallest absolute Gasteiger partial charge is 0.0558 e. The molecule has 0 unspecified atom stereocenters. The van der Waals surface area contributed by atoms with E-state index in [1.165, 1.54) is 0 Å². The summed E-state index contributed by atoms with van der Waals surface area (Å²) < 4.78 is 0. The average molecular weight is 226 g/mol. The minimum absolute atomic E-state index is 0.772. The zero-order valence-corrected chi connectivity index (χ0v) is 9.74. The molecule has 1 fully saturated rings. The van der Waals surface area contributed by atoms with Crippen molar-refractivity contribution in [2.75, 3.05) is 33.2 Å². The lowest BCUT2D eigenvalue weighted by molar-refractivity contribution is 0.147. The number of aromatic nitrogens is 1. The molecule has 0 saturated carbocycles. The lowest BCUT2D eigenvalue weighted by atomic mass is 10.3. The van der Waals surface area contributed by atoms with E-state index in [0.29, 0.717) is 0 Å². The van der Waals surface area contributed by atoms with Crippen LogP contribution in [0.1, 0.15) is 5.69 Å².